The minimum absolute atomic E-state index is 0. The number of carbonyl (C=O) groups excluding carboxylic acids is 1. The average Bonchev–Trinajstić information content (AvgIpc) is 2.66. The van der Waals surface area contributed by atoms with Crippen molar-refractivity contribution in [2.24, 2.45) is 0 Å². The first-order valence-electron chi connectivity index (χ1n) is 8.96. The number of anilines is 2. The SMILES string of the molecule is Cl.O=C1N(Cc2ccccc2C(F)(F)F)c2ccccc2NC12CCNCC2. The highest BCUT2D eigenvalue weighted by molar-refractivity contribution is 6.07. The molecule has 1 fully saturated rings. The number of amides is 1. The summed E-state index contributed by atoms with van der Waals surface area (Å²) in [4.78, 5) is 14.9. The van der Waals surface area contributed by atoms with Gasteiger partial charge in [-0.25, -0.2) is 0 Å². The molecule has 2 aromatic rings. The fourth-order valence-corrected chi connectivity index (χ4v) is 3.95. The van der Waals surface area contributed by atoms with E-state index in [4.69, 9.17) is 0 Å². The van der Waals surface area contributed by atoms with Crippen molar-refractivity contribution in [1.29, 1.82) is 0 Å². The summed E-state index contributed by atoms with van der Waals surface area (Å²) < 4.78 is 40.3. The highest BCUT2D eigenvalue weighted by atomic mass is 35.5. The minimum atomic E-state index is -4.46. The van der Waals surface area contributed by atoms with Gasteiger partial charge in [-0.3, -0.25) is 4.79 Å². The summed E-state index contributed by atoms with van der Waals surface area (Å²) in [5, 5.41) is 6.60. The molecule has 0 bridgehead atoms. The van der Waals surface area contributed by atoms with Crippen molar-refractivity contribution in [3.05, 3.63) is 59.7 Å². The molecular weight excluding hydrogens is 391 g/mol. The zero-order valence-electron chi connectivity index (χ0n) is 15.1. The second kappa shape index (κ2) is 7.64. The van der Waals surface area contributed by atoms with Crippen LogP contribution >= 0.6 is 12.4 Å². The van der Waals surface area contributed by atoms with Crippen molar-refractivity contribution in [3.63, 3.8) is 0 Å². The van der Waals surface area contributed by atoms with Crippen molar-refractivity contribution in [2.75, 3.05) is 23.3 Å². The normalized spacial score (nSPS) is 18.2. The fourth-order valence-electron chi connectivity index (χ4n) is 3.95. The second-order valence-electron chi connectivity index (χ2n) is 7.02. The van der Waals surface area contributed by atoms with Crippen LogP contribution in [0.1, 0.15) is 24.0 Å². The number of hydrogen-bond donors (Lipinski definition) is 2. The molecule has 28 heavy (non-hydrogen) atoms. The number of alkyl halides is 3. The number of para-hydroxylation sites is 2. The van der Waals surface area contributed by atoms with Crippen LogP contribution in [0.5, 0.6) is 0 Å². The Labute approximate surface area is 167 Å². The van der Waals surface area contributed by atoms with Gasteiger partial charge < -0.3 is 15.5 Å². The van der Waals surface area contributed by atoms with E-state index in [0.717, 1.165) is 11.8 Å². The summed E-state index contributed by atoms with van der Waals surface area (Å²) in [6.45, 7) is 1.27. The molecule has 2 aliphatic rings. The van der Waals surface area contributed by atoms with E-state index in [-0.39, 0.29) is 30.4 Å². The lowest BCUT2D eigenvalue weighted by molar-refractivity contribution is -0.138. The minimum Gasteiger partial charge on any atom is -0.369 e. The Kier molecular flexibility index (Phi) is 5.59. The Hall–Kier alpha value is -2.25. The smallest absolute Gasteiger partial charge is 0.369 e. The lowest BCUT2D eigenvalue weighted by Crippen LogP contribution is -2.61. The van der Waals surface area contributed by atoms with Crippen LogP contribution in [0.25, 0.3) is 0 Å². The third kappa shape index (κ3) is 3.56. The molecule has 0 aliphatic carbocycles. The van der Waals surface area contributed by atoms with Gasteiger partial charge in [0.1, 0.15) is 5.54 Å². The molecular formula is C20H21ClF3N3O. The first-order chi connectivity index (χ1) is 12.9. The van der Waals surface area contributed by atoms with Crippen molar-refractivity contribution in [2.45, 2.75) is 31.1 Å². The van der Waals surface area contributed by atoms with Gasteiger partial charge in [-0.2, -0.15) is 13.2 Å². The fraction of sp³-hybridized carbons (Fsp3) is 0.350. The molecule has 2 heterocycles. The van der Waals surface area contributed by atoms with Crippen LogP contribution in [0.2, 0.25) is 0 Å². The van der Waals surface area contributed by atoms with Crippen molar-refractivity contribution in [1.82, 2.24) is 5.32 Å². The number of piperidine rings is 1. The Morgan fingerprint density at radius 2 is 1.64 bits per heavy atom. The topological polar surface area (TPSA) is 44.4 Å². The van der Waals surface area contributed by atoms with Gasteiger partial charge in [-0.1, -0.05) is 30.3 Å². The van der Waals surface area contributed by atoms with Crippen LogP contribution in [0.3, 0.4) is 0 Å². The maximum absolute atomic E-state index is 13.4. The van der Waals surface area contributed by atoms with E-state index >= 15 is 0 Å². The molecule has 150 valence electrons. The first-order valence-corrected chi connectivity index (χ1v) is 8.96. The van der Waals surface area contributed by atoms with Crippen molar-refractivity contribution >= 4 is 29.7 Å². The quantitative estimate of drug-likeness (QED) is 0.778. The molecule has 0 unspecified atom stereocenters. The third-order valence-corrected chi connectivity index (χ3v) is 5.33. The number of halogens is 4. The molecule has 2 N–H and O–H groups in total. The highest BCUT2D eigenvalue weighted by Gasteiger charge is 2.46. The molecule has 0 radical (unpaired) electrons. The van der Waals surface area contributed by atoms with Gasteiger partial charge >= 0.3 is 6.18 Å². The summed E-state index contributed by atoms with van der Waals surface area (Å²) in [6, 6.07) is 12.7. The van der Waals surface area contributed by atoms with Gasteiger partial charge in [-0.15, -0.1) is 12.4 Å². The maximum Gasteiger partial charge on any atom is 0.416 e. The molecule has 1 spiro atoms. The Morgan fingerprint density at radius 1 is 1.00 bits per heavy atom. The largest absolute Gasteiger partial charge is 0.416 e. The second-order valence-corrected chi connectivity index (χ2v) is 7.02. The van der Waals surface area contributed by atoms with Gasteiger partial charge in [0.2, 0.25) is 0 Å². The molecule has 2 aliphatic heterocycles. The Bertz CT molecular complexity index is 866. The number of fused-ring (bicyclic) bond motifs is 1. The van der Waals surface area contributed by atoms with Crippen LogP contribution in [0.4, 0.5) is 24.5 Å². The van der Waals surface area contributed by atoms with Crippen LogP contribution in [0, 0.1) is 0 Å². The van der Waals surface area contributed by atoms with E-state index < -0.39 is 17.3 Å². The van der Waals surface area contributed by atoms with Crippen molar-refractivity contribution < 1.29 is 18.0 Å². The van der Waals surface area contributed by atoms with E-state index in [2.05, 4.69) is 10.6 Å². The monoisotopic (exact) mass is 411 g/mol. The molecule has 0 atom stereocenters. The van der Waals surface area contributed by atoms with E-state index in [1.165, 1.54) is 17.0 Å². The lowest BCUT2D eigenvalue weighted by atomic mass is 9.84. The number of benzene rings is 2. The predicted octanol–water partition coefficient (Wildman–Crippen LogP) is 4.21. The summed E-state index contributed by atoms with van der Waals surface area (Å²) >= 11 is 0. The van der Waals surface area contributed by atoms with E-state index in [0.29, 0.717) is 31.6 Å². The van der Waals surface area contributed by atoms with Crippen LogP contribution in [-0.2, 0) is 17.5 Å². The van der Waals surface area contributed by atoms with E-state index in [1.54, 1.807) is 18.2 Å². The highest BCUT2D eigenvalue weighted by Crippen LogP contribution is 2.41. The number of rotatable bonds is 2. The Morgan fingerprint density at radius 3 is 2.36 bits per heavy atom. The third-order valence-electron chi connectivity index (χ3n) is 5.33. The number of nitrogens with one attached hydrogen (secondary N) is 2. The number of nitrogens with zero attached hydrogens (tertiary/aromatic N) is 1. The number of carbonyl (C=O) groups is 1. The van der Waals surface area contributed by atoms with Gasteiger partial charge in [0.05, 0.1) is 23.5 Å². The maximum atomic E-state index is 13.4. The van der Waals surface area contributed by atoms with Crippen LogP contribution in [-0.4, -0.2) is 24.5 Å². The summed E-state index contributed by atoms with van der Waals surface area (Å²) in [7, 11) is 0. The molecule has 4 rings (SSSR count). The standard InChI is InChI=1S/C20H20F3N3O.ClH/c21-20(22,23)15-6-2-1-5-14(15)13-26-17-8-4-3-7-16(17)25-19(18(26)27)9-11-24-12-10-19;/h1-8,24-25H,9-13H2;1H. The lowest BCUT2D eigenvalue weighted by Gasteiger charge is -2.46. The van der Waals surface area contributed by atoms with Gasteiger partial charge in [0.15, 0.2) is 0 Å². The van der Waals surface area contributed by atoms with E-state index in [1.807, 2.05) is 12.1 Å². The molecule has 1 amide bonds. The molecule has 4 nitrogen and oxygen atoms in total. The molecule has 8 heteroatoms. The van der Waals surface area contributed by atoms with E-state index in [9.17, 15) is 18.0 Å². The summed E-state index contributed by atoms with van der Waals surface area (Å²) in [5.74, 6) is -0.167. The summed E-state index contributed by atoms with van der Waals surface area (Å²) in [5.41, 5.74) is 0.0201. The van der Waals surface area contributed by atoms with Gasteiger partial charge in [-0.05, 0) is 49.7 Å². The van der Waals surface area contributed by atoms with Crippen molar-refractivity contribution in [3.8, 4) is 0 Å². The van der Waals surface area contributed by atoms with Gasteiger partial charge in [0, 0.05) is 0 Å². The van der Waals surface area contributed by atoms with Crippen LogP contribution in [0.15, 0.2) is 48.5 Å². The zero-order chi connectivity index (χ0) is 19.1. The summed E-state index contributed by atoms with van der Waals surface area (Å²) in [6.07, 6.45) is -3.27. The molecule has 0 saturated carbocycles. The number of hydrogen-bond acceptors (Lipinski definition) is 3. The molecule has 1 saturated heterocycles. The predicted molar refractivity (Wildman–Crippen MR) is 105 cm³/mol. The zero-order valence-corrected chi connectivity index (χ0v) is 15.9. The first kappa shape index (κ1) is 20.5. The Balaban J connectivity index is 0.00000225. The van der Waals surface area contributed by atoms with Crippen LogP contribution < -0.4 is 15.5 Å². The molecule has 0 aromatic heterocycles. The van der Waals surface area contributed by atoms with Gasteiger partial charge in [0.25, 0.3) is 5.91 Å². The molecule has 2 aromatic carbocycles. The average molecular weight is 412 g/mol.